The average molecular weight is 330 g/mol. The highest BCUT2D eigenvalue weighted by Crippen LogP contribution is 2.34. The van der Waals surface area contributed by atoms with E-state index in [2.05, 4.69) is 5.32 Å². The summed E-state index contributed by atoms with van der Waals surface area (Å²) in [6, 6.07) is 5.76. The second-order valence-corrected chi connectivity index (χ2v) is 6.85. The zero-order valence-corrected chi connectivity index (χ0v) is 14.0. The Kier molecular flexibility index (Phi) is 4.07. The van der Waals surface area contributed by atoms with E-state index in [0.29, 0.717) is 19.4 Å². The first-order valence-corrected chi connectivity index (χ1v) is 8.26. The number of rotatable bonds is 4. The van der Waals surface area contributed by atoms with Crippen molar-refractivity contribution in [2.75, 3.05) is 11.4 Å². The van der Waals surface area contributed by atoms with Crippen molar-refractivity contribution in [2.45, 2.75) is 45.1 Å². The average Bonchev–Trinajstić information content (AvgIpc) is 2.87. The number of hydrogen-bond acceptors (Lipinski definition) is 3. The molecule has 2 aliphatic rings. The number of carboxylic acid groups (broad SMARTS) is 1. The number of carboxylic acids is 1. The monoisotopic (exact) mass is 330 g/mol. The van der Waals surface area contributed by atoms with Crippen LogP contribution < -0.4 is 10.2 Å². The lowest BCUT2D eigenvalue weighted by Crippen LogP contribution is -2.60. The Morgan fingerprint density at radius 1 is 1.29 bits per heavy atom. The molecule has 0 radical (unpaired) electrons. The van der Waals surface area contributed by atoms with Gasteiger partial charge < -0.3 is 15.3 Å². The molecule has 1 aliphatic carbocycles. The van der Waals surface area contributed by atoms with Gasteiger partial charge in [0.05, 0.1) is 5.92 Å². The van der Waals surface area contributed by atoms with E-state index in [-0.39, 0.29) is 18.2 Å². The fourth-order valence-corrected chi connectivity index (χ4v) is 3.40. The van der Waals surface area contributed by atoms with Crippen LogP contribution in [0, 0.1) is 19.8 Å². The van der Waals surface area contributed by atoms with Crippen LogP contribution >= 0.6 is 0 Å². The summed E-state index contributed by atoms with van der Waals surface area (Å²) in [5.74, 6) is -1.92. The summed E-state index contributed by atoms with van der Waals surface area (Å²) >= 11 is 0. The quantitative estimate of drug-likeness (QED) is 0.881. The molecular weight excluding hydrogens is 308 g/mol. The Labute approximate surface area is 140 Å². The van der Waals surface area contributed by atoms with Crippen LogP contribution in [0.15, 0.2) is 18.2 Å². The molecular formula is C18H22N2O4. The highest BCUT2D eigenvalue weighted by molar-refractivity contribution is 6.01. The third-order valence-corrected chi connectivity index (χ3v) is 5.34. The normalized spacial score (nSPS) is 22.2. The van der Waals surface area contributed by atoms with Crippen molar-refractivity contribution < 1.29 is 19.5 Å². The molecule has 24 heavy (non-hydrogen) atoms. The largest absolute Gasteiger partial charge is 0.480 e. The maximum absolute atomic E-state index is 12.5. The zero-order valence-electron chi connectivity index (χ0n) is 14.0. The van der Waals surface area contributed by atoms with Gasteiger partial charge in [-0.1, -0.05) is 12.1 Å². The molecule has 1 saturated heterocycles. The van der Waals surface area contributed by atoms with Gasteiger partial charge in [-0.3, -0.25) is 9.59 Å². The molecule has 2 fully saturated rings. The third kappa shape index (κ3) is 2.66. The fourth-order valence-electron chi connectivity index (χ4n) is 3.40. The fraction of sp³-hybridized carbons (Fsp3) is 0.500. The molecule has 6 nitrogen and oxygen atoms in total. The van der Waals surface area contributed by atoms with Crippen molar-refractivity contribution in [3.05, 3.63) is 29.3 Å². The first-order chi connectivity index (χ1) is 11.3. The molecule has 1 aliphatic heterocycles. The van der Waals surface area contributed by atoms with E-state index >= 15 is 0 Å². The Morgan fingerprint density at radius 2 is 2.00 bits per heavy atom. The standard InChI is InChI=1S/C18H22N2O4/c1-11-5-3-6-14(12(11)2)20-10-13(9-15(20)21)16(22)19-18(17(23)24)7-4-8-18/h3,5-6,13H,4,7-10H2,1-2H3,(H,19,22)(H,23,24). The summed E-state index contributed by atoms with van der Waals surface area (Å²) in [4.78, 5) is 37.9. The minimum atomic E-state index is -1.13. The Balaban J connectivity index is 1.74. The first-order valence-electron chi connectivity index (χ1n) is 8.26. The predicted molar refractivity (Wildman–Crippen MR) is 88.7 cm³/mol. The number of carbonyl (C=O) groups excluding carboxylic acids is 2. The molecule has 0 aromatic heterocycles. The second-order valence-electron chi connectivity index (χ2n) is 6.85. The van der Waals surface area contributed by atoms with E-state index in [1.54, 1.807) is 4.90 Å². The maximum Gasteiger partial charge on any atom is 0.329 e. The van der Waals surface area contributed by atoms with Crippen LogP contribution in [0.1, 0.15) is 36.8 Å². The van der Waals surface area contributed by atoms with Crippen LogP contribution in [0.4, 0.5) is 5.69 Å². The van der Waals surface area contributed by atoms with Crippen molar-refractivity contribution >= 4 is 23.5 Å². The summed E-state index contributed by atoms with van der Waals surface area (Å²) in [6.45, 7) is 4.24. The van der Waals surface area contributed by atoms with E-state index < -0.39 is 17.4 Å². The topological polar surface area (TPSA) is 86.7 Å². The summed E-state index contributed by atoms with van der Waals surface area (Å²) in [5, 5.41) is 12.0. The molecule has 1 saturated carbocycles. The van der Waals surface area contributed by atoms with Crippen LogP contribution in [0.25, 0.3) is 0 Å². The number of benzene rings is 1. The number of anilines is 1. The Bertz CT molecular complexity index is 709. The molecule has 0 spiro atoms. The van der Waals surface area contributed by atoms with Gasteiger partial charge in [0, 0.05) is 18.7 Å². The zero-order chi connectivity index (χ0) is 17.5. The summed E-state index contributed by atoms with van der Waals surface area (Å²) in [7, 11) is 0. The highest BCUT2D eigenvalue weighted by atomic mass is 16.4. The lowest BCUT2D eigenvalue weighted by atomic mass is 9.76. The lowest BCUT2D eigenvalue weighted by molar-refractivity contribution is -0.152. The summed E-state index contributed by atoms with van der Waals surface area (Å²) < 4.78 is 0. The second kappa shape index (κ2) is 5.92. The van der Waals surface area contributed by atoms with Gasteiger partial charge in [0.2, 0.25) is 11.8 Å². The Morgan fingerprint density at radius 3 is 2.58 bits per heavy atom. The molecule has 1 unspecified atom stereocenters. The van der Waals surface area contributed by atoms with Crippen molar-refractivity contribution in [2.24, 2.45) is 5.92 Å². The summed E-state index contributed by atoms with van der Waals surface area (Å²) in [5.41, 5.74) is 1.81. The molecule has 2 amide bonds. The minimum Gasteiger partial charge on any atom is -0.480 e. The first kappa shape index (κ1) is 16.5. The highest BCUT2D eigenvalue weighted by Gasteiger charge is 2.47. The molecule has 3 rings (SSSR count). The van der Waals surface area contributed by atoms with Crippen molar-refractivity contribution in [3.63, 3.8) is 0 Å². The van der Waals surface area contributed by atoms with Crippen LogP contribution in [-0.4, -0.2) is 35.0 Å². The van der Waals surface area contributed by atoms with Gasteiger partial charge in [0.1, 0.15) is 5.54 Å². The number of nitrogens with zero attached hydrogens (tertiary/aromatic N) is 1. The SMILES string of the molecule is Cc1cccc(N2CC(C(=O)NC3(C(=O)O)CCC3)CC2=O)c1C. The van der Waals surface area contributed by atoms with E-state index in [1.165, 1.54) is 0 Å². The van der Waals surface area contributed by atoms with Gasteiger partial charge in [-0.25, -0.2) is 4.79 Å². The minimum absolute atomic E-state index is 0.0955. The molecule has 1 atom stereocenters. The van der Waals surface area contributed by atoms with Crippen LogP contribution in [0.2, 0.25) is 0 Å². The molecule has 2 N–H and O–H groups in total. The van der Waals surface area contributed by atoms with E-state index in [1.807, 2.05) is 32.0 Å². The van der Waals surface area contributed by atoms with Gasteiger partial charge in [-0.2, -0.15) is 0 Å². The van der Waals surface area contributed by atoms with Gasteiger partial charge in [-0.15, -0.1) is 0 Å². The van der Waals surface area contributed by atoms with E-state index in [0.717, 1.165) is 23.2 Å². The van der Waals surface area contributed by atoms with Gasteiger partial charge in [0.25, 0.3) is 0 Å². The number of aryl methyl sites for hydroxylation is 1. The molecule has 1 aromatic carbocycles. The molecule has 0 bridgehead atoms. The van der Waals surface area contributed by atoms with E-state index in [9.17, 15) is 19.5 Å². The van der Waals surface area contributed by atoms with Crippen LogP contribution in [0.5, 0.6) is 0 Å². The van der Waals surface area contributed by atoms with Crippen LogP contribution in [0.3, 0.4) is 0 Å². The molecule has 1 aromatic rings. The third-order valence-electron chi connectivity index (χ3n) is 5.34. The Hall–Kier alpha value is -2.37. The smallest absolute Gasteiger partial charge is 0.329 e. The molecule has 1 heterocycles. The van der Waals surface area contributed by atoms with Gasteiger partial charge in [-0.05, 0) is 50.3 Å². The van der Waals surface area contributed by atoms with Crippen LogP contribution in [-0.2, 0) is 14.4 Å². The van der Waals surface area contributed by atoms with Crippen molar-refractivity contribution in [3.8, 4) is 0 Å². The number of amides is 2. The summed E-state index contributed by atoms with van der Waals surface area (Å²) in [6.07, 6.45) is 1.82. The number of carbonyl (C=O) groups is 3. The molecule has 6 heteroatoms. The van der Waals surface area contributed by atoms with Gasteiger partial charge >= 0.3 is 5.97 Å². The number of hydrogen-bond donors (Lipinski definition) is 2. The maximum atomic E-state index is 12.5. The number of aliphatic carboxylic acids is 1. The van der Waals surface area contributed by atoms with Crippen molar-refractivity contribution in [1.29, 1.82) is 0 Å². The van der Waals surface area contributed by atoms with Crippen molar-refractivity contribution in [1.82, 2.24) is 5.32 Å². The lowest BCUT2D eigenvalue weighted by Gasteiger charge is -2.38. The number of nitrogens with one attached hydrogen (secondary N) is 1. The molecule has 128 valence electrons. The predicted octanol–water partition coefficient (Wildman–Crippen LogP) is 1.78. The van der Waals surface area contributed by atoms with Gasteiger partial charge in [0.15, 0.2) is 0 Å². The van der Waals surface area contributed by atoms with E-state index in [4.69, 9.17) is 0 Å².